The molecule has 0 heterocycles. The van der Waals surface area contributed by atoms with Crippen molar-refractivity contribution in [2.45, 2.75) is 38.8 Å². The second-order valence-corrected chi connectivity index (χ2v) is 6.31. The van der Waals surface area contributed by atoms with Crippen molar-refractivity contribution < 1.29 is 18.3 Å². The van der Waals surface area contributed by atoms with E-state index in [1.54, 1.807) is 24.3 Å². The molecule has 0 radical (unpaired) electrons. The summed E-state index contributed by atoms with van der Waals surface area (Å²) >= 11 is 0. The van der Waals surface area contributed by atoms with Crippen LogP contribution < -0.4 is 15.8 Å². The van der Waals surface area contributed by atoms with Crippen LogP contribution in [0, 0.1) is 11.6 Å². The van der Waals surface area contributed by atoms with Crippen LogP contribution in [0.2, 0.25) is 0 Å². The summed E-state index contributed by atoms with van der Waals surface area (Å²) < 4.78 is 32.4. The van der Waals surface area contributed by atoms with Crippen molar-refractivity contribution in [2.24, 2.45) is 5.73 Å². The summed E-state index contributed by atoms with van der Waals surface area (Å²) in [6.07, 6.45) is 1.55. The van der Waals surface area contributed by atoms with E-state index in [2.05, 4.69) is 5.32 Å². The van der Waals surface area contributed by atoms with Gasteiger partial charge in [-0.2, -0.15) is 0 Å². The number of amides is 1. The second kappa shape index (κ2) is 9.29. The fourth-order valence-corrected chi connectivity index (χ4v) is 2.82. The molecule has 0 unspecified atom stereocenters. The topological polar surface area (TPSA) is 64.3 Å². The van der Waals surface area contributed by atoms with Crippen LogP contribution in [0.5, 0.6) is 5.75 Å². The van der Waals surface area contributed by atoms with E-state index in [9.17, 15) is 13.6 Å². The summed E-state index contributed by atoms with van der Waals surface area (Å²) in [4.78, 5) is 11.3. The fraction of sp³-hybridized carbons (Fsp3) is 0.350. The van der Waals surface area contributed by atoms with Gasteiger partial charge in [0.1, 0.15) is 17.4 Å². The molecule has 4 nitrogen and oxygen atoms in total. The minimum absolute atomic E-state index is 0.115. The third-order valence-corrected chi connectivity index (χ3v) is 4.16. The average Bonchev–Trinajstić information content (AvgIpc) is 2.58. The van der Waals surface area contributed by atoms with E-state index in [1.165, 1.54) is 12.1 Å². The Labute approximate surface area is 152 Å². The maximum atomic E-state index is 13.8. The largest absolute Gasteiger partial charge is 0.493 e. The third kappa shape index (κ3) is 5.52. The summed E-state index contributed by atoms with van der Waals surface area (Å²) in [5.74, 6) is -1.18. The summed E-state index contributed by atoms with van der Waals surface area (Å²) in [6, 6.07) is 10.3. The predicted octanol–water partition coefficient (Wildman–Crippen LogP) is 3.96. The number of benzene rings is 2. The highest BCUT2D eigenvalue weighted by Gasteiger charge is 2.14. The van der Waals surface area contributed by atoms with Crippen molar-refractivity contribution in [2.75, 3.05) is 6.61 Å². The van der Waals surface area contributed by atoms with Gasteiger partial charge < -0.3 is 15.8 Å². The van der Waals surface area contributed by atoms with Gasteiger partial charge in [0.2, 0.25) is 0 Å². The standard InChI is InChI=1S/C20H24F2N2O2/c1-13(24-14(2)16-10-9-15(21)12-18(16)22)6-5-11-26-19-8-4-3-7-17(19)20(23)25/h3-4,7-10,12-14,24H,5-6,11H2,1-2H3,(H2,23,25)/t13-,14+/m1/s1. The van der Waals surface area contributed by atoms with Crippen LogP contribution in [0.1, 0.15) is 48.7 Å². The van der Waals surface area contributed by atoms with Gasteiger partial charge in [0.15, 0.2) is 0 Å². The molecule has 0 bridgehead atoms. The van der Waals surface area contributed by atoms with Crippen molar-refractivity contribution >= 4 is 5.91 Å². The maximum Gasteiger partial charge on any atom is 0.252 e. The van der Waals surface area contributed by atoms with E-state index in [0.717, 1.165) is 18.9 Å². The van der Waals surface area contributed by atoms with Gasteiger partial charge in [0, 0.05) is 23.7 Å². The van der Waals surface area contributed by atoms with E-state index in [-0.39, 0.29) is 12.1 Å². The van der Waals surface area contributed by atoms with Gasteiger partial charge in [-0.1, -0.05) is 18.2 Å². The number of carbonyl (C=O) groups excluding carboxylic acids is 1. The third-order valence-electron chi connectivity index (χ3n) is 4.16. The van der Waals surface area contributed by atoms with E-state index < -0.39 is 17.5 Å². The molecule has 140 valence electrons. The van der Waals surface area contributed by atoms with Crippen LogP contribution in [-0.4, -0.2) is 18.6 Å². The lowest BCUT2D eigenvalue weighted by molar-refractivity contribution is 0.0996. The normalized spacial score (nSPS) is 13.2. The van der Waals surface area contributed by atoms with Crippen molar-refractivity contribution in [1.29, 1.82) is 0 Å². The van der Waals surface area contributed by atoms with E-state index in [1.807, 2.05) is 13.8 Å². The van der Waals surface area contributed by atoms with Crippen LogP contribution in [-0.2, 0) is 0 Å². The summed E-state index contributed by atoms with van der Waals surface area (Å²) in [5, 5.41) is 3.29. The van der Waals surface area contributed by atoms with Crippen LogP contribution in [0.3, 0.4) is 0 Å². The Balaban J connectivity index is 1.79. The highest BCUT2D eigenvalue weighted by atomic mass is 19.1. The monoisotopic (exact) mass is 362 g/mol. The molecule has 0 fully saturated rings. The van der Waals surface area contributed by atoms with Crippen LogP contribution in [0.4, 0.5) is 8.78 Å². The molecular formula is C20H24F2N2O2. The molecule has 0 aliphatic heterocycles. The summed E-state index contributed by atoms with van der Waals surface area (Å²) in [7, 11) is 0. The molecular weight excluding hydrogens is 338 g/mol. The Bertz CT molecular complexity index is 752. The molecule has 0 saturated carbocycles. The second-order valence-electron chi connectivity index (χ2n) is 6.31. The lowest BCUT2D eigenvalue weighted by Gasteiger charge is -2.21. The van der Waals surface area contributed by atoms with Gasteiger partial charge in [-0.25, -0.2) is 8.78 Å². The number of ether oxygens (including phenoxy) is 1. The lowest BCUT2D eigenvalue weighted by atomic mass is 10.1. The van der Waals surface area contributed by atoms with E-state index >= 15 is 0 Å². The van der Waals surface area contributed by atoms with Gasteiger partial charge in [-0.15, -0.1) is 0 Å². The molecule has 2 atom stereocenters. The molecule has 26 heavy (non-hydrogen) atoms. The van der Waals surface area contributed by atoms with Crippen LogP contribution in [0.15, 0.2) is 42.5 Å². The molecule has 0 spiro atoms. The molecule has 6 heteroatoms. The Morgan fingerprint density at radius 2 is 1.92 bits per heavy atom. The number of para-hydroxylation sites is 1. The molecule has 2 rings (SSSR count). The maximum absolute atomic E-state index is 13.8. The molecule has 2 aromatic rings. The number of carbonyl (C=O) groups is 1. The van der Waals surface area contributed by atoms with E-state index in [4.69, 9.17) is 10.5 Å². The number of nitrogens with one attached hydrogen (secondary N) is 1. The van der Waals surface area contributed by atoms with E-state index in [0.29, 0.717) is 23.5 Å². The van der Waals surface area contributed by atoms with Gasteiger partial charge in [0.05, 0.1) is 12.2 Å². The number of hydrogen-bond acceptors (Lipinski definition) is 3. The first kappa shape index (κ1) is 19.8. The first-order valence-electron chi connectivity index (χ1n) is 8.61. The van der Waals surface area contributed by atoms with Gasteiger partial charge in [-0.3, -0.25) is 4.79 Å². The van der Waals surface area contributed by atoms with Crippen molar-refractivity contribution in [3.8, 4) is 5.75 Å². The number of rotatable bonds is 9. The number of halogens is 2. The zero-order valence-electron chi connectivity index (χ0n) is 15.0. The molecule has 3 N–H and O–H groups in total. The van der Waals surface area contributed by atoms with Gasteiger partial charge in [0.25, 0.3) is 5.91 Å². The molecule has 0 aromatic heterocycles. The number of hydrogen-bond donors (Lipinski definition) is 2. The minimum atomic E-state index is -0.583. The molecule has 2 aromatic carbocycles. The lowest BCUT2D eigenvalue weighted by Crippen LogP contribution is -2.29. The number of primary amides is 1. The molecule has 0 aliphatic rings. The zero-order valence-corrected chi connectivity index (χ0v) is 15.0. The minimum Gasteiger partial charge on any atom is -0.493 e. The Hall–Kier alpha value is -2.47. The quantitative estimate of drug-likeness (QED) is 0.664. The molecule has 0 saturated heterocycles. The Morgan fingerprint density at radius 3 is 2.62 bits per heavy atom. The highest BCUT2D eigenvalue weighted by molar-refractivity contribution is 5.95. The van der Waals surface area contributed by atoms with Gasteiger partial charge >= 0.3 is 0 Å². The Morgan fingerprint density at radius 1 is 1.19 bits per heavy atom. The average molecular weight is 362 g/mol. The highest BCUT2D eigenvalue weighted by Crippen LogP contribution is 2.20. The predicted molar refractivity (Wildman–Crippen MR) is 97.1 cm³/mol. The first-order chi connectivity index (χ1) is 12.4. The van der Waals surface area contributed by atoms with Crippen LogP contribution >= 0.6 is 0 Å². The zero-order chi connectivity index (χ0) is 19.1. The summed E-state index contributed by atoms with van der Waals surface area (Å²) in [5.41, 5.74) is 6.11. The van der Waals surface area contributed by atoms with Gasteiger partial charge in [-0.05, 0) is 44.9 Å². The number of nitrogens with two attached hydrogens (primary N) is 1. The smallest absolute Gasteiger partial charge is 0.252 e. The van der Waals surface area contributed by atoms with Crippen LogP contribution in [0.25, 0.3) is 0 Å². The SMILES string of the molecule is C[C@H](CCCOc1ccccc1C(N)=O)N[C@@H](C)c1ccc(F)cc1F. The first-order valence-corrected chi connectivity index (χ1v) is 8.61. The fourth-order valence-electron chi connectivity index (χ4n) is 2.82. The molecule has 1 amide bonds. The molecule has 0 aliphatic carbocycles. The van der Waals surface area contributed by atoms with Crippen molar-refractivity contribution in [3.05, 3.63) is 65.2 Å². The van der Waals surface area contributed by atoms with Crippen molar-refractivity contribution in [3.63, 3.8) is 0 Å². The Kier molecular flexibility index (Phi) is 7.09. The summed E-state index contributed by atoms with van der Waals surface area (Å²) in [6.45, 7) is 4.28. The van der Waals surface area contributed by atoms with Crippen molar-refractivity contribution in [1.82, 2.24) is 5.32 Å².